The van der Waals surface area contributed by atoms with Crippen LogP contribution in [0.3, 0.4) is 0 Å². The maximum absolute atomic E-state index is 11.6. The molecule has 0 N–H and O–H groups in total. The SMILES string of the molecule is CC(=O)N1CCN(C2CN(C[C@@H]3CN(c4ccc(C#N)c5ncccc45)C[C@@H](C)O3)C2)CC1. The molecule has 5 rings (SSSR count). The molecule has 8 nitrogen and oxygen atoms in total. The highest BCUT2D eigenvalue weighted by Crippen LogP contribution is 2.30. The number of pyridine rings is 1. The molecule has 3 saturated heterocycles. The lowest BCUT2D eigenvalue weighted by Crippen LogP contribution is -2.65. The van der Waals surface area contributed by atoms with Crippen molar-refractivity contribution in [1.82, 2.24) is 19.7 Å². The van der Waals surface area contributed by atoms with Gasteiger partial charge < -0.3 is 14.5 Å². The standard InChI is InChI=1S/C25H32N6O2/c1-18-13-31(24-6-5-20(12-26)25-23(24)4-3-7-27-25)17-22(33-18)16-28-14-21(15-28)30-10-8-29(9-11-30)19(2)32/h3-7,18,21-22H,8-11,13-17H2,1-2H3/t18-,22-/m1/s1. The Morgan fingerprint density at radius 3 is 2.67 bits per heavy atom. The monoisotopic (exact) mass is 448 g/mol. The first kappa shape index (κ1) is 22.1. The topological polar surface area (TPSA) is 75.9 Å². The van der Waals surface area contributed by atoms with Gasteiger partial charge in [-0.15, -0.1) is 0 Å². The van der Waals surface area contributed by atoms with E-state index in [9.17, 15) is 10.1 Å². The summed E-state index contributed by atoms with van der Waals surface area (Å²) in [4.78, 5) is 25.4. The minimum absolute atomic E-state index is 0.142. The molecule has 2 aromatic rings. The molecule has 0 radical (unpaired) electrons. The quantitative estimate of drug-likeness (QED) is 0.702. The van der Waals surface area contributed by atoms with Crippen LogP contribution in [-0.4, -0.2) is 103 Å². The number of fused-ring (bicyclic) bond motifs is 1. The number of benzene rings is 1. The predicted octanol–water partition coefficient (Wildman–Crippen LogP) is 1.55. The molecule has 2 atom stereocenters. The van der Waals surface area contributed by atoms with Crippen molar-refractivity contribution in [2.24, 2.45) is 0 Å². The second kappa shape index (κ2) is 9.26. The maximum Gasteiger partial charge on any atom is 0.219 e. The van der Waals surface area contributed by atoms with Gasteiger partial charge in [-0.3, -0.25) is 19.6 Å². The van der Waals surface area contributed by atoms with E-state index in [-0.39, 0.29) is 18.1 Å². The van der Waals surface area contributed by atoms with Crippen molar-refractivity contribution < 1.29 is 9.53 Å². The summed E-state index contributed by atoms with van der Waals surface area (Å²) in [6, 6.07) is 10.8. The second-order valence-corrected chi connectivity index (χ2v) is 9.53. The average Bonchev–Trinajstić information content (AvgIpc) is 2.80. The van der Waals surface area contributed by atoms with Crippen molar-refractivity contribution in [3.63, 3.8) is 0 Å². The third-order valence-corrected chi connectivity index (χ3v) is 7.21. The summed E-state index contributed by atoms with van der Waals surface area (Å²) in [5.74, 6) is 0.184. The van der Waals surface area contributed by atoms with Crippen LogP contribution >= 0.6 is 0 Å². The van der Waals surface area contributed by atoms with Crippen LogP contribution in [0.5, 0.6) is 0 Å². The molecule has 4 heterocycles. The predicted molar refractivity (Wildman–Crippen MR) is 127 cm³/mol. The van der Waals surface area contributed by atoms with Gasteiger partial charge in [0.1, 0.15) is 6.07 Å². The zero-order valence-electron chi connectivity index (χ0n) is 19.5. The van der Waals surface area contributed by atoms with Crippen molar-refractivity contribution in [2.45, 2.75) is 32.1 Å². The number of aromatic nitrogens is 1. The van der Waals surface area contributed by atoms with E-state index in [0.29, 0.717) is 11.6 Å². The minimum atomic E-state index is 0.142. The molecule has 0 bridgehead atoms. The highest BCUT2D eigenvalue weighted by molar-refractivity contribution is 5.95. The number of hydrogen-bond acceptors (Lipinski definition) is 7. The summed E-state index contributed by atoms with van der Waals surface area (Å²) < 4.78 is 6.31. The number of morpholine rings is 1. The first-order chi connectivity index (χ1) is 16.0. The molecule has 1 aromatic carbocycles. The smallest absolute Gasteiger partial charge is 0.219 e. The Bertz CT molecular complexity index is 1050. The number of ether oxygens (including phenoxy) is 1. The Balaban J connectivity index is 1.20. The van der Waals surface area contributed by atoms with Gasteiger partial charge in [-0.25, -0.2) is 0 Å². The van der Waals surface area contributed by atoms with Gasteiger partial charge in [0.25, 0.3) is 0 Å². The van der Waals surface area contributed by atoms with E-state index in [1.54, 1.807) is 13.1 Å². The maximum atomic E-state index is 11.6. The van der Waals surface area contributed by atoms with Gasteiger partial charge in [-0.1, -0.05) is 0 Å². The Morgan fingerprint density at radius 2 is 1.94 bits per heavy atom. The van der Waals surface area contributed by atoms with E-state index in [1.165, 1.54) is 0 Å². The summed E-state index contributed by atoms with van der Waals surface area (Å²) in [7, 11) is 0. The van der Waals surface area contributed by atoms with Crippen molar-refractivity contribution in [2.75, 3.05) is 63.8 Å². The Labute approximate surface area is 195 Å². The van der Waals surface area contributed by atoms with Crippen molar-refractivity contribution >= 4 is 22.5 Å². The normalized spacial score (nSPS) is 25.1. The number of amides is 1. The van der Waals surface area contributed by atoms with Gasteiger partial charge in [0.05, 0.1) is 23.3 Å². The van der Waals surface area contributed by atoms with Crippen molar-refractivity contribution in [3.8, 4) is 6.07 Å². The first-order valence-electron chi connectivity index (χ1n) is 11.9. The molecule has 0 aliphatic carbocycles. The van der Waals surface area contributed by atoms with Crippen LogP contribution in [-0.2, 0) is 9.53 Å². The third-order valence-electron chi connectivity index (χ3n) is 7.21. The fourth-order valence-corrected chi connectivity index (χ4v) is 5.48. The van der Waals surface area contributed by atoms with Gasteiger partial charge in [0.15, 0.2) is 0 Å². The highest BCUT2D eigenvalue weighted by Gasteiger charge is 2.36. The summed E-state index contributed by atoms with van der Waals surface area (Å²) in [5.41, 5.74) is 2.51. The molecule has 3 aliphatic heterocycles. The van der Waals surface area contributed by atoms with Crippen molar-refractivity contribution in [1.29, 1.82) is 5.26 Å². The van der Waals surface area contributed by atoms with E-state index in [0.717, 1.165) is 75.5 Å². The lowest BCUT2D eigenvalue weighted by atomic mass is 10.0. The molecule has 174 valence electrons. The Hall–Kier alpha value is -2.73. The molecule has 0 saturated carbocycles. The highest BCUT2D eigenvalue weighted by atomic mass is 16.5. The summed E-state index contributed by atoms with van der Waals surface area (Å²) >= 11 is 0. The van der Waals surface area contributed by atoms with Gasteiger partial charge in [0, 0.05) is 89.1 Å². The average molecular weight is 449 g/mol. The molecule has 8 heteroatoms. The number of rotatable bonds is 4. The van der Waals surface area contributed by atoms with Crippen molar-refractivity contribution in [3.05, 3.63) is 36.0 Å². The summed E-state index contributed by atoms with van der Waals surface area (Å²) in [5, 5.41) is 10.5. The van der Waals surface area contributed by atoms with Crippen LogP contribution in [0.1, 0.15) is 19.4 Å². The second-order valence-electron chi connectivity index (χ2n) is 9.53. The zero-order valence-corrected chi connectivity index (χ0v) is 19.5. The molecule has 3 aliphatic rings. The van der Waals surface area contributed by atoms with E-state index < -0.39 is 0 Å². The Kier molecular flexibility index (Phi) is 6.19. The molecule has 1 aromatic heterocycles. The fraction of sp³-hybridized carbons (Fsp3) is 0.560. The van der Waals surface area contributed by atoms with Crippen LogP contribution in [0.15, 0.2) is 30.5 Å². The number of likely N-dealkylation sites (tertiary alicyclic amines) is 1. The molecule has 0 spiro atoms. The number of anilines is 1. The Morgan fingerprint density at radius 1 is 1.15 bits per heavy atom. The first-order valence-corrected chi connectivity index (χ1v) is 11.9. The van der Waals surface area contributed by atoms with Gasteiger partial charge in [0.2, 0.25) is 5.91 Å². The largest absolute Gasteiger partial charge is 0.370 e. The van der Waals surface area contributed by atoms with E-state index in [2.05, 4.69) is 44.8 Å². The van der Waals surface area contributed by atoms with Crippen LogP contribution in [0.25, 0.3) is 10.9 Å². The third kappa shape index (κ3) is 4.54. The number of nitriles is 1. The summed E-state index contributed by atoms with van der Waals surface area (Å²) in [6.45, 7) is 12.2. The summed E-state index contributed by atoms with van der Waals surface area (Å²) in [6.07, 6.45) is 2.03. The van der Waals surface area contributed by atoms with Crippen LogP contribution in [0, 0.1) is 11.3 Å². The minimum Gasteiger partial charge on any atom is -0.370 e. The number of hydrogen-bond donors (Lipinski definition) is 0. The van der Waals surface area contributed by atoms with Gasteiger partial charge >= 0.3 is 0 Å². The van der Waals surface area contributed by atoms with Crippen LogP contribution in [0.2, 0.25) is 0 Å². The molecule has 0 unspecified atom stereocenters. The number of carbonyl (C=O) groups is 1. The lowest BCUT2D eigenvalue weighted by molar-refractivity contribution is -0.131. The number of carbonyl (C=O) groups excluding carboxylic acids is 1. The van der Waals surface area contributed by atoms with E-state index in [4.69, 9.17) is 4.74 Å². The molecule has 1 amide bonds. The van der Waals surface area contributed by atoms with Gasteiger partial charge in [-0.2, -0.15) is 5.26 Å². The molecule has 33 heavy (non-hydrogen) atoms. The van der Waals surface area contributed by atoms with Crippen LogP contribution in [0.4, 0.5) is 5.69 Å². The lowest BCUT2D eigenvalue weighted by Gasteiger charge is -2.50. The number of piperazine rings is 1. The van der Waals surface area contributed by atoms with Crippen LogP contribution < -0.4 is 4.90 Å². The molecular weight excluding hydrogens is 416 g/mol. The zero-order chi connectivity index (χ0) is 22.9. The molecular formula is C25H32N6O2. The number of nitrogens with zero attached hydrogens (tertiary/aromatic N) is 6. The van der Waals surface area contributed by atoms with E-state index >= 15 is 0 Å². The van der Waals surface area contributed by atoms with E-state index in [1.807, 2.05) is 17.0 Å². The molecule has 3 fully saturated rings. The fourth-order valence-electron chi connectivity index (χ4n) is 5.48. The van der Waals surface area contributed by atoms with Gasteiger partial charge in [-0.05, 0) is 31.2 Å².